The number of rotatable bonds is 2. The van der Waals surface area contributed by atoms with Crippen LogP contribution < -0.4 is 9.47 Å². The van der Waals surface area contributed by atoms with Crippen molar-refractivity contribution in [2.24, 2.45) is 0 Å². The highest BCUT2D eigenvalue weighted by atomic mass is 16.7. The molecular formula is C12H14O4. The molecule has 1 N–H and O–H groups in total. The zero-order valence-electron chi connectivity index (χ0n) is 8.19. The number of aliphatic carboxylic acids is 1. The Balaban J connectivity index is 0.00000128. The van der Waals surface area contributed by atoms with Crippen LogP contribution in [0.3, 0.4) is 0 Å². The first kappa shape index (κ1) is 12.1. The average Bonchev–Trinajstić information content (AvgIpc) is 2.60. The number of fused-ring (bicyclic) bond motifs is 1. The number of benzene rings is 1. The Morgan fingerprint density at radius 2 is 2.00 bits per heavy atom. The fraction of sp³-hybridized carbons (Fsp3) is 0.250. The van der Waals surface area contributed by atoms with Crippen molar-refractivity contribution >= 4 is 12.0 Å². The van der Waals surface area contributed by atoms with Crippen molar-refractivity contribution in [3.8, 4) is 11.5 Å². The lowest BCUT2D eigenvalue weighted by atomic mass is 10.1. The van der Waals surface area contributed by atoms with E-state index in [1.54, 1.807) is 12.1 Å². The highest BCUT2D eigenvalue weighted by Crippen LogP contribution is 2.34. The van der Waals surface area contributed by atoms with Crippen molar-refractivity contribution in [1.82, 2.24) is 0 Å². The largest absolute Gasteiger partial charge is 0.478 e. The van der Waals surface area contributed by atoms with Gasteiger partial charge >= 0.3 is 5.97 Å². The summed E-state index contributed by atoms with van der Waals surface area (Å²) in [5, 5.41) is 8.52. The van der Waals surface area contributed by atoms with Crippen molar-refractivity contribution < 1.29 is 19.4 Å². The topological polar surface area (TPSA) is 55.8 Å². The van der Waals surface area contributed by atoms with Crippen LogP contribution in [0.2, 0.25) is 0 Å². The lowest BCUT2D eigenvalue weighted by Gasteiger charge is -2.02. The van der Waals surface area contributed by atoms with Crippen LogP contribution in [0, 0.1) is 6.92 Å². The smallest absolute Gasteiger partial charge is 0.328 e. The third kappa shape index (κ3) is 2.34. The Morgan fingerprint density at radius 1 is 1.38 bits per heavy atom. The molecule has 0 atom stereocenters. The standard InChI is InChI=1S/C11H10O4.CH4/c1-7-4-9-10(15-6-14-9)5-8(7)2-3-11(12)13;/h2-5H,6H2,1H3,(H,12,13);1H4/b3-2+;. The van der Waals surface area contributed by atoms with Crippen molar-refractivity contribution in [1.29, 1.82) is 0 Å². The Kier molecular flexibility index (Phi) is 3.55. The molecule has 16 heavy (non-hydrogen) atoms. The molecule has 4 nitrogen and oxygen atoms in total. The van der Waals surface area contributed by atoms with Gasteiger partial charge in [-0.25, -0.2) is 4.79 Å². The maximum absolute atomic E-state index is 10.4. The van der Waals surface area contributed by atoms with Crippen LogP contribution in [0.15, 0.2) is 18.2 Å². The van der Waals surface area contributed by atoms with E-state index in [-0.39, 0.29) is 14.2 Å². The Labute approximate surface area is 94.1 Å². The molecule has 2 rings (SSSR count). The summed E-state index contributed by atoms with van der Waals surface area (Å²) >= 11 is 0. The van der Waals surface area contributed by atoms with E-state index in [0.717, 1.165) is 17.2 Å². The van der Waals surface area contributed by atoms with E-state index < -0.39 is 5.97 Å². The molecule has 1 aromatic carbocycles. The molecule has 4 heteroatoms. The van der Waals surface area contributed by atoms with Gasteiger partial charge < -0.3 is 14.6 Å². The minimum atomic E-state index is -0.966. The predicted octanol–water partition coefficient (Wildman–Crippen LogP) is 2.46. The second kappa shape index (κ2) is 4.70. The first-order chi connectivity index (χ1) is 7.16. The minimum Gasteiger partial charge on any atom is -0.478 e. The fourth-order valence-electron chi connectivity index (χ4n) is 1.40. The van der Waals surface area contributed by atoms with Gasteiger partial charge in [-0.15, -0.1) is 0 Å². The molecule has 0 amide bonds. The van der Waals surface area contributed by atoms with Crippen molar-refractivity contribution in [3.63, 3.8) is 0 Å². The molecular weight excluding hydrogens is 208 g/mol. The lowest BCUT2D eigenvalue weighted by molar-refractivity contribution is -0.131. The zero-order chi connectivity index (χ0) is 10.8. The number of carboxylic acids is 1. The van der Waals surface area contributed by atoms with Gasteiger partial charge in [0, 0.05) is 6.08 Å². The fourth-order valence-corrected chi connectivity index (χ4v) is 1.40. The molecule has 1 aromatic rings. The molecule has 0 aliphatic carbocycles. The van der Waals surface area contributed by atoms with Gasteiger partial charge in [0.25, 0.3) is 0 Å². The number of ether oxygens (including phenoxy) is 2. The molecule has 0 saturated heterocycles. The monoisotopic (exact) mass is 222 g/mol. The van der Waals surface area contributed by atoms with Crippen LogP contribution in [-0.2, 0) is 4.79 Å². The molecule has 0 saturated carbocycles. The lowest BCUT2D eigenvalue weighted by Crippen LogP contribution is -1.92. The molecule has 0 bridgehead atoms. The number of carboxylic acid groups (broad SMARTS) is 1. The first-order valence-electron chi connectivity index (χ1n) is 4.48. The Hall–Kier alpha value is -1.97. The van der Waals surface area contributed by atoms with E-state index in [9.17, 15) is 4.79 Å². The van der Waals surface area contributed by atoms with E-state index in [2.05, 4.69) is 0 Å². The van der Waals surface area contributed by atoms with Gasteiger partial charge in [-0.2, -0.15) is 0 Å². The quantitative estimate of drug-likeness (QED) is 0.781. The molecule has 1 aliphatic rings. The predicted molar refractivity (Wildman–Crippen MR) is 60.7 cm³/mol. The normalized spacial score (nSPS) is 12.6. The molecule has 1 aliphatic heterocycles. The van der Waals surface area contributed by atoms with Crippen molar-refractivity contribution in [2.45, 2.75) is 14.4 Å². The third-order valence-corrected chi connectivity index (χ3v) is 2.17. The van der Waals surface area contributed by atoms with Crippen LogP contribution >= 0.6 is 0 Å². The molecule has 0 radical (unpaired) electrons. The van der Waals surface area contributed by atoms with E-state index in [1.165, 1.54) is 0 Å². The number of carbonyl (C=O) groups is 1. The molecule has 86 valence electrons. The van der Waals surface area contributed by atoms with Crippen LogP contribution in [0.1, 0.15) is 18.6 Å². The zero-order valence-corrected chi connectivity index (χ0v) is 8.19. The summed E-state index contributed by atoms with van der Waals surface area (Å²) in [5.41, 5.74) is 1.78. The summed E-state index contributed by atoms with van der Waals surface area (Å²) in [5.74, 6) is 0.401. The van der Waals surface area contributed by atoms with Gasteiger partial charge in [-0.3, -0.25) is 0 Å². The maximum atomic E-state index is 10.4. The van der Waals surface area contributed by atoms with Gasteiger partial charge in [-0.1, -0.05) is 7.43 Å². The number of hydrogen-bond donors (Lipinski definition) is 1. The second-order valence-corrected chi connectivity index (χ2v) is 3.23. The maximum Gasteiger partial charge on any atom is 0.328 e. The van der Waals surface area contributed by atoms with Gasteiger partial charge in [0.15, 0.2) is 11.5 Å². The summed E-state index contributed by atoms with van der Waals surface area (Å²) in [7, 11) is 0. The van der Waals surface area contributed by atoms with Gasteiger partial charge in [0.2, 0.25) is 6.79 Å². The summed E-state index contributed by atoms with van der Waals surface area (Å²) in [6, 6.07) is 3.61. The first-order valence-corrected chi connectivity index (χ1v) is 4.48. The van der Waals surface area contributed by atoms with Crippen molar-refractivity contribution in [3.05, 3.63) is 29.3 Å². The summed E-state index contributed by atoms with van der Waals surface area (Å²) < 4.78 is 10.4. The molecule has 1 heterocycles. The number of hydrogen-bond acceptors (Lipinski definition) is 3. The highest BCUT2D eigenvalue weighted by molar-refractivity contribution is 5.85. The Bertz CT molecular complexity index is 435. The molecule has 0 fully saturated rings. The summed E-state index contributed by atoms with van der Waals surface area (Å²) in [6.45, 7) is 2.12. The summed E-state index contributed by atoms with van der Waals surface area (Å²) in [6.07, 6.45) is 2.64. The molecule has 0 unspecified atom stereocenters. The minimum absolute atomic E-state index is 0. The third-order valence-electron chi connectivity index (χ3n) is 2.17. The van der Waals surface area contributed by atoms with E-state index in [4.69, 9.17) is 14.6 Å². The number of aryl methyl sites for hydroxylation is 1. The van der Waals surface area contributed by atoms with Crippen LogP contribution in [0.4, 0.5) is 0 Å². The Morgan fingerprint density at radius 3 is 2.62 bits per heavy atom. The van der Waals surface area contributed by atoms with E-state index >= 15 is 0 Å². The van der Waals surface area contributed by atoms with Gasteiger partial charge in [-0.05, 0) is 36.3 Å². The average molecular weight is 222 g/mol. The van der Waals surface area contributed by atoms with Crippen molar-refractivity contribution in [2.75, 3.05) is 6.79 Å². The van der Waals surface area contributed by atoms with Crippen LogP contribution in [0.5, 0.6) is 11.5 Å². The SMILES string of the molecule is C.Cc1cc2c(cc1/C=C/C(=O)O)OCO2. The van der Waals surface area contributed by atoms with Gasteiger partial charge in [0.1, 0.15) is 0 Å². The molecule has 0 aromatic heterocycles. The van der Waals surface area contributed by atoms with Crippen LogP contribution in [-0.4, -0.2) is 17.9 Å². The van der Waals surface area contributed by atoms with Gasteiger partial charge in [0.05, 0.1) is 0 Å². The van der Waals surface area contributed by atoms with Crippen LogP contribution in [0.25, 0.3) is 6.08 Å². The van der Waals surface area contributed by atoms with E-state index in [1.807, 2.05) is 13.0 Å². The van der Waals surface area contributed by atoms with E-state index in [0.29, 0.717) is 11.5 Å². The second-order valence-electron chi connectivity index (χ2n) is 3.23. The highest BCUT2D eigenvalue weighted by Gasteiger charge is 2.14. The summed E-state index contributed by atoms with van der Waals surface area (Å²) in [4.78, 5) is 10.4. The molecule has 0 spiro atoms.